The molecule has 0 aliphatic heterocycles. The number of aliphatic carboxylic acids is 1. The molecule has 0 fully saturated rings. The highest BCUT2D eigenvalue weighted by Gasteiger charge is 2.23. The van der Waals surface area contributed by atoms with E-state index in [4.69, 9.17) is 9.52 Å². The van der Waals surface area contributed by atoms with Crippen LogP contribution in [0, 0.1) is 0 Å². The maximum Gasteiger partial charge on any atom is 0.305 e. The number of carboxylic acid groups (broad SMARTS) is 1. The summed E-state index contributed by atoms with van der Waals surface area (Å²) in [6.45, 7) is 3.89. The molecule has 0 spiro atoms. The summed E-state index contributed by atoms with van der Waals surface area (Å²) in [5, 5.41) is 9.71. The third kappa shape index (κ3) is 3.59. The van der Waals surface area contributed by atoms with E-state index in [0.717, 1.165) is 5.39 Å². The average Bonchev–Trinajstić information content (AvgIpc) is 3.15. The van der Waals surface area contributed by atoms with E-state index in [1.165, 1.54) is 0 Å². The van der Waals surface area contributed by atoms with Crippen molar-refractivity contribution in [2.45, 2.75) is 26.3 Å². The second-order valence-electron chi connectivity index (χ2n) is 6.29. The summed E-state index contributed by atoms with van der Waals surface area (Å²) in [4.78, 5) is 30.3. The molecule has 2 aromatic heterocycles. The lowest BCUT2D eigenvalue weighted by Gasteiger charge is -2.27. The Morgan fingerprint density at radius 1 is 1.19 bits per heavy atom. The molecular weight excluding hydrogens is 332 g/mol. The van der Waals surface area contributed by atoms with Crippen LogP contribution in [0.3, 0.4) is 0 Å². The molecule has 0 saturated carbocycles. The van der Waals surface area contributed by atoms with Gasteiger partial charge >= 0.3 is 5.97 Å². The summed E-state index contributed by atoms with van der Waals surface area (Å²) in [6, 6.07) is 12.5. The van der Waals surface area contributed by atoms with Gasteiger partial charge in [-0.25, -0.2) is 4.98 Å². The molecule has 0 unspecified atom stereocenters. The molecule has 0 saturated heterocycles. The molecule has 0 aliphatic rings. The Labute approximate surface area is 151 Å². The Bertz CT molecular complexity index is 932. The number of hydrogen-bond acceptors (Lipinski definition) is 4. The summed E-state index contributed by atoms with van der Waals surface area (Å²) in [6.07, 6.45) is 1.46. The van der Waals surface area contributed by atoms with E-state index in [0.29, 0.717) is 22.5 Å². The highest BCUT2D eigenvalue weighted by Crippen LogP contribution is 2.26. The highest BCUT2D eigenvalue weighted by atomic mass is 16.4. The van der Waals surface area contributed by atoms with Crippen LogP contribution in [0.4, 0.5) is 0 Å². The molecule has 26 heavy (non-hydrogen) atoms. The van der Waals surface area contributed by atoms with E-state index in [1.54, 1.807) is 29.4 Å². The highest BCUT2D eigenvalue weighted by molar-refractivity contribution is 6.07. The van der Waals surface area contributed by atoms with E-state index in [9.17, 15) is 9.59 Å². The van der Waals surface area contributed by atoms with Crippen molar-refractivity contribution in [2.75, 3.05) is 6.54 Å². The number of pyridine rings is 1. The molecule has 3 aromatic rings. The van der Waals surface area contributed by atoms with Gasteiger partial charge in [-0.2, -0.15) is 0 Å². The maximum absolute atomic E-state index is 13.2. The Hall–Kier alpha value is -3.15. The smallest absolute Gasteiger partial charge is 0.305 e. The minimum Gasteiger partial charge on any atom is -0.481 e. The second-order valence-corrected chi connectivity index (χ2v) is 6.29. The van der Waals surface area contributed by atoms with Gasteiger partial charge in [-0.15, -0.1) is 0 Å². The largest absolute Gasteiger partial charge is 0.481 e. The molecule has 0 aliphatic carbocycles. The standard InChI is InChI=1S/C20H20N2O4/c1-13(2)22(10-9-19(23)24)20(25)15-12-17(18-8-5-11-26-18)21-16-7-4-3-6-14(15)16/h3-8,11-13H,9-10H2,1-2H3,(H,23,24). The number of carboxylic acids is 1. The zero-order valence-corrected chi connectivity index (χ0v) is 14.7. The summed E-state index contributed by atoms with van der Waals surface area (Å²) >= 11 is 0. The molecule has 1 N–H and O–H groups in total. The van der Waals surface area contributed by atoms with E-state index in [-0.39, 0.29) is 24.9 Å². The van der Waals surface area contributed by atoms with Gasteiger partial charge in [0.25, 0.3) is 5.91 Å². The van der Waals surface area contributed by atoms with Crippen molar-refractivity contribution >= 4 is 22.8 Å². The number of hydrogen-bond donors (Lipinski definition) is 1. The van der Waals surface area contributed by atoms with Crippen LogP contribution in [0.15, 0.2) is 53.1 Å². The molecule has 0 atom stereocenters. The van der Waals surface area contributed by atoms with Gasteiger partial charge < -0.3 is 14.4 Å². The lowest BCUT2D eigenvalue weighted by Crippen LogP contribution is -2.38. The van der Waals surface area contributed by atoms with Crippen molar-refractivity contribution in [3.8, 4) is 11.5 Å². The first-order valence-electron chi connectivity index (χ1n) is 8.44. The number of furan rings is 1. The van der Waals surface area contributed by atoms with E-state index in [1.807, 2.05) is 38.1 Å². The van der Waals surface area contributed by atoms with Crippen molar-refractivity contribution in [3.63, 3.8) is 0 Å². The minimum atomic E-state index is -0.931. The summed E-state index contributed by atoms with van der Waals surface area (Å²) in [5.74, 6) is -0.571. The molecule has 2 heterocycles. The first kappa shape index (κ1) is 17.7. The lowest BCUT2D eigenvalue weighted by atomic mass is 10.0. The molecule has 3 rings (SSSR count). The zero-order valence-electron chi connectivity index (χ0n) is 14.7. The third-order valence-electron chi connectivity index (χ3n) is 4.17. The summed E-state index contributed by atoms with van der Waals surface area (Å²) in [5.41, 5.74) is 1.74. The van der Waals surface area contributed by atoms with Gasteiger partial charge in [0.05, 0.1) is 23.8 Å². The molecule has 1 amide bonds. The fourth-order valence-electron chi connectivity index (χ4n) is 2.87. The summed E-state index contributed by atoms with van der Waals surface area (Å²) < 4.78 is 5.42. The van der Waals surface area contributed by atoms with Crippen molar-refractivity contribution in [1.82, 2.24) is 9.88 Å². The van der Waals surface area contributed by atoms with E-state index in [2.05, 4.69) is 4.98 Å². The number of aromatic nitrogens is 1. The van der Waals surface area contributed by atoms with Gasteiger partial charge in [0.15, 0.2) is 5.76 Å². The van der Waals surface area contributed by atoms with Gasteiger partial charge in [0.2, 0.25) is 0 Å². The average molecular weight is 352 g/mol. The SMILES string of the molecule is CC(C)N(CCC(=O)O)C(=O)c1cc(-c2ccco2)nc2ccccc12. The number of rotatable bonds is 6. The maximum atomic E-state index is 13.2. The van der Waals surface area contributed by atoms with Crippen molar-refractivity contribution in [3.05, 3.63) is 54.3 Å². The monoisotopic (exact) mass is 352 g/mol. The van der Waals surface area contributed by atoms with Crippen LogP contribution < -0.4 is 0 Å². The predicted octanol–water partition coefficient (Wildman–Crippen LogP) is 3.82. The number of fused-ring (bicyclic) bond motifs is 1. The van der Waals surface area contributed by atoms with Crippen LogP contribution in [0.25, 0.3) is 22.4 Å². The van der Waals surface area contributed by atoms with Crippen LogP contribution in [0.2, 0.25) is 0 Å². The van der Waals surface area contributed by atoms with Crippen molar-refractivity contribution in [1.29, 1.82) is 0 Å². The molecular formula is C20H20N2O4. The first-order chi connectivity index (χ1) is 12.5. The van der Waals surface area contributed by atoms with Gasteiger partial charge in [-0.1, -0.05) is 18.2 Å². The van der Waals surface area contributed by atoms with Crippen LogP contribution in [-0.2, 0) is 4.79 Å². The fraction of sp³-hybridized carbons (Fsp3) is 0.250. The molecule has 6 heteroatoms. The zero-order chi connectivity index (χ0) is 18.7. The molecule has 1 aromatic carbocycles. The number of nitrogens with zero attached hydrogens (tertiary/aromatic N) is 2. The Balaban J connectivity index is 2.09. The van der Waals surface area contributed by atoms with E-state index >= 15 is 0 Å². The Kier molecular flexibility index (Phi) is 5.02. The van der Waals surface area contributed by atoms with Crippen LogP contribution in [0.1, 0.15) is 30.6 Å². The molecule has 134 valence electrons. The molecule has 6 nitrogen and oxygen atoms in total. The van der Waals surface area contributed by atoms with Gasteiger partial charge in [0, 0.05) is 18.0 Å². The Morgan fingerprint density at radius 3 is 2.62 bits per heavy atom. The first-order valence-corrected chi connectivity index (χ1v) is 8.44. The number of benzene rings is 1. The lowest BCUT2D eigenvalue weighted by molar-refractivity contribution is -0.137. The fourth-order valence-corrected chi connectivity index (χ4v) is 2.87. The third-order valence-corrected chi connectivity index (χ3v) is 4.17. The van der Waals surface area contributed by atoms with Gasteiger partial charge in [-0.05, 0) is 38.1 Å². The Morgan fingerprint density at radius 2 is 1.96 bits per heavy atom. The van der Waals surface area contributed by atoms with Crippen LogP contribution >= 0.6 is 0 Å². The van der Waals surface area contributed by atoms with Crippen LogP contribution in [-0.4, -0.2) is 39.5 Å². The number of amides is 1. The van der Waals surface area contributed by atoms with Gasteiger partial charge in [0.1, 0.15) is 5.69 Å². The quantitative estimate of drug-likeness (QED) is 0.729. The number of carbonyl (C=O) groups excluding carboxylic acids is 1. The van der Waals surface area contributed by atoms with Crippen molar-refractivity contribution in [2.24, 2.45) is 0 Å². The minimum absolute atomic E-state index is 0.0992. The number of carbonyl (C=O) groups is 2. The van der Waals surface area contributed by atoms with Crippen molar-refractivity contribution < 1.29 is 19.1 Å². The normalized spacial score (nSPS) is 11.0. The number of para-hydroxylation sites is 1. The second kappa shape index (κ2) is 7.39. The summed E-state index contributed by atoms with van der Waals surface area (Å²) in [7, 11) is 0. The molecule has 0 bridgehead atoms. The predicted molar refractivity (Wildman–Crippen MR) is 97.9 cm³/mol. The van der Waals surface area contributed by atoms with Crippen LogP contribution in [0.5, 0.6) is 0 Å². The topological polar surface area (TPSA) is 83.6 Å². The van der Waals surface area contributed by atoms with E-state index < -0.39 is 5.97 Å². The molecule has 0 radical (unpaired) electrons. The van der Waals surface area contributed by atoms with Gasteiger partial charge in [-0.3, -0.25) is 9.59 Å².